The summed E-state index contributed by atoms with van der Waals surface area (Å²) >= 11 is 0. The summed E-state index contributed by atoms with van der Waals surface area (Å²) in [6, 6.07) is 67.6. The Hall–Kier alpha value is -13.8. The summed E-state index contributed by atoms with van der Waals surface area (Å²) in [6.45, 7) is 36.5. The van der Waals surface area contributed by atoms with Gasteiger partial charge >= 0.3 is 0 Å². The molecule has 116 heavy (non-hydrogen) atoms. The minimum atomic E-state index is 0.940. The first-order valence-corrected chi connectivity index (χ1v) is 40.0. The van der Waals surface area contributed by atoms with Gasteiger partial charge in [-0.05, 0) is 309 Å². The summed E-state index contributed by atoms with van der Waals surface area (Å²) in [7, 11) is 0. The zero-order chi connectivity index (χ0) is 79.7. The van der Waals surface area contributed by atoms with Gasteiger partial charge in [0.2, 0.25) is 0 Å². The zero-order valence-electron chi connectivity index (χ0n) is 68.3. The zero-order valence-corrected chi connectivity index (χ0v) is 68.3. The van der Waals surface area contributed by atoms with E-state index in [2.05, 4.69) is 312 Å². The summed E-state index contributed by atoms with van der Waals surface area (Å²) in [5, 5.41) is 15.0. The van der Waals surface area contributed by atoms with Gasteiger partial charge in [-0.3, -0.25) is 39.9 Å². The number of pyridine rings is 8. The largest absolute Gasteiger partial charge is 0.309 e. The number of hydrogen-bond acceptors (Lipinski definition) is 12. The molecule has 12 heteroatoms. The van der Waals surface area contributed by atoms with Gasteiger partial charge in [-0.25, -0.2) is 0 Å². The van der Waals surface area contributed by atoms with Crippen molar-refractivity contribution in [1.29, 1.82) is 0 Å². The van der Waals surface area contributed by atoms with E-state index in [0.717, 1.165) is 277 Å². The normalized spacial score (nSPS) is 12.0. The van der Waals surface area contributed by atoms with Crippen LogP contribution < -0.4 is 19.6 Å². The lowest BCUT2D eigenvalue weighted by molar-refractivity contribution is 1.18. The fraction of sp³-hybridized carbons (Fsp3) is 0.154. The van der Waals surface area contributed by atoms with Crippen molar-refractivity contribution >= 4 is 188 Å². The van der Waals surface area contributed by atoms with Crippen molar-refractivity contribution in [3.8, 4) is 0 Å². The highest BCUT2D eigenvalue weighted by Crippen LogP contribution is 2.60. The quantitative estimate of drug-likeness (QED) is 0.108. The average Bonchev–Trinajstić information content (AvgIpc) is 0.689. The molecule has 0 aliphatic rings. The maximum absolute atomic E-state index is 5.08. The van der Waals surface area contributed by atoms with E-state index in [-0.39, 0.29) is 0 Å². The molecule has 0 unspecified atom stereocenters. The smallest absolute Gasteiger partial charge is 0.0708 e. The topological polar surface area (TPSA) is 116 Å². The van der Waals surface area contributed by atoms with Gasteiger partial charge in [0.1, 0.15) is 0 Å². The minimum absolute atomic E-state index is 0.940. The van der Waals surface area contributed by atoms with E-state index in [1.54, 1.807) is 0 Å². The van der Waals surface area contributed by atoms with Gasteiger partial charge in [0, 0.05) is 125 Å². The number of aryl methyl sites for hydroxylation is 16. The predicted molar refractivity (Wildman–Crippen MR) is 487 cm³/mol. The van der Waals surface area contributed by atoms with Crippen molar-refractivity contribution in [2.24, 2.45) is 0 Å². The van der Waals surface area contributed by atoms with Gasteiger partial charge in [-0.15, -0.1) is 0 Å². The lowest BCUT2D eigenvalue weighted by Gasteiger charge is -2.38. The molecule has 0 aliphatic heterocycles. The van der Waals surface area contributed by atoms with Crippen molar-refractivity contribution in [2.45, 2.75) is 111 Å². The molecule has 0 atom stereocenters. The van der Waals surface area contributed by atoms with Crippen LogP contribution in [0.15, 0.2) is 232 Å². The number of aromatic nitrogens is 8. The van der Waals surface area contributed by atoms with Gasteiger partial charge in [0.05, 0.1) is 112 Å². The molecule has 0 saturated heterocycles. The van der Waals surface area contributed by atoms with Gasteiger partial charge < -0.3 is 19.6 Å². The predicted octanol–water partition coefficient (Wildman–Crippen LogP) is 27.8. The highest BCUT2D eigenvalue weighted by Gasteiger charge is 2.36. The van der Waals surface area contributed by atoms with Crippen LogP contribution in [-0.4, -0.2) is 39.9 Å². The fourth-order valence-corrected chi connectivity index (χ4v) is 20.2. The Labute approximate surface area is 674 Å². The van der Waals surface area contributed by atoms with Crippen molar-refractivity contribution in [3.63, 3.8) is 0 Å². The molecule has 20 aromatic rings. The first-order chi connectivity index (χ1) is 56.2. The molecule has 20 rings (SSSR count). The second-order valence-electron chi connectivity index (χ2n) is 32.1. The van der Waals surface area contributed by atoms with Crippen molar-refractivity contribution in [3.05, 3.63) is 321 Å². The van der Waals surface area contributed by atoms with E-state index < -0.39 is 0 Å². The molecule has 0 radical (unpaired) electrons. The third-order valence-corrected chi connectivity index (χ3v) is 25.2. The van der Waals surface area contributed by atoms with Crippen LogP contribution in [0.4, 0.5) is 68.2 Å². The Kier molecular flexibility index (Phi) is 16.5. The maximum Gasteiger partial charge on any atom is 0.0708 e. The summed E-state index contributed by atoms with van der Waals surface area (Å²) in [5.41, 5.74) is 37.6. The molecule has 12 nitrogen and oxygen atoms in total. The molecular weight excluding hydrogens is 1420 g/mol. The minimum Gasteiger partial charge on any atom is -0.309 e. The van der Waals surface area contributed by atoms with E-state index in [1.165, 1.54) is 0 Å². The highest BCUT2D eigenvalue weighted by molar-refractivity contribution is 6.34. The van der Waals surface area contributed by atoms with Crippen LogP contribution in [0, 0.1) is 111 Å². The van der Waals surface area contributed by atoms with E-state index in [1.807, 2.05) is 49.6 Å². The summed E-state index contributed by atoms with van der Waals surface area (Å²) in [5.74, 6) is 0. The monoisotopic (exact) mass is 1500 g/mol. The van der Waals surface area contributed by atoms with Crippen LogP contribution in [0.1, 0.15) is 89.0 Å². The number of fused-ring (bicyclic) bond motifs is 8. The Morgan fingerprint density at radius 1 is 0.164 bits per heavy atom. The van der Waals surface area contributed by atoms with Crippen LogP contribution in [0.25, 0.3) is 120 Å². The van der Waals surface area contributed by atoms with E-state index >= 15 is 0 Å². The lowest BCUT2D eigenvalue weighted by atomic mass is 9.87. The lowest BCUT2D eigenvalue weighted by Crippen LogP contribution is -2.20. The first kappa shape index (κ1) is 71.2. The van der Waals surface area contributed by atoms with E-state index in [4.69, 9.17) is 39.9 Å². The number of nitrogens with zero attached hydrogens (tertiary/aromatic N) is 12. The molecule has 562 valence electrons. The first-order valence-electron chi connectivity index (χ1n) is 40.0. The Bertz CT molecular complexity index is 6390. The van der Waals surface area contributed by atoms with Gasteiger partial charge in [0.15, 0.2) is 0 Å². The van der Waals surface area contributed by atoms with Crippen molar-refractivity contribution < 1.29 is 0 Å². The summed E-state index contributed by atoms with van der Waals surface area (Å²) in [6.07, 6.45) is 15.3. The van der Waals surface area contributed by atoms with Crippen LogP contribution in [0.3, 0.4) is 0 Å². The fourth-order valence-electron chi connectivity index (χ4n) is 20.2. The second-order valence-corrected chi connectivity index (χ2v) is 32.1. The SMILES string of the molecule is Cc1cc2ncccc2c(C)c1N(c1c(C)cc2ncccc2c1C)c1cc(N(c2c(C)cc3ncccc3c2C)c2c(C)cc3ncccc3c2C)c2ccc3c(N(c4c(C)cc5ncccc5c4C)c4c(C)cc5ncccc5c4C)cc(N(c4c(C)cc5ncccc5c4C)c4c(C)cc5ncccc5c4C)c4ccc1c2c43. The van der Waals surface area contributed by atoms with Gasteiger partial charge in [-0.1, -0.05) is 72.8 Å². The molecule has 8 heterocycles. The molecule has 12 aromatic carbocycles. The molecule has 0 bridgehead atoms. The summed E-state index contributed by atoms with van der Waals surface area (Å²) in [4.78, 5) is 51.2. The van der Waals surface area contributed by atoms with Crippen molar-refractivity contribution in [2.75, 3.05) is 19.6 Å². The van der Waals surface area contributed by atoms with Crippen LogP contribution >= 0.6 is 0 Å². The number of rotatable bonds is 12. The van der Waals surface area contributed by atoms with E-state index in [0.29, 0.717) is 0 Å². The standard InChI is InChI=1S/C104H86N12/c1-55-45-83-71(25-17-37-105-83)63(9)97(55)113(98-56(2)46-84-72(64(98)10)26-18-38-106-84)91-53-92(114(99-57(3)47-85-73(65(99)11)27-19-39-107-85)100-58(4)48-86-74(66(100)12)28-20-40-108-86)80-35-36-82-94(116(103-61(7)51-89-77(69(103)15)31-23-43-111-89)104-62(8)52-90-78(70(104)16)32-24-44-112-90)54-93(81-34-33-79(91)95(80)96(81)82)115(101-59(5)49-87-75(67(101)13)29-21-41-109-87)102-60(6)50-88-76(68(102)14)30-22-42-110-88/h17-54H,1-16H3. The molecule has 8 aromatic heterocycles. The Morgan fingerprint density at radius 2 is 0.302 bits per heavy atom. The van der Waals surface area contributed by atoms with Gasteiger partial charge in [0.25, 0.3) is 0 Å². The van der Waals surface area contributed by atoms with E-state index in [9.17, 15) is 0 Å². The number of anilines is 12. The molecule has 0 N–H and O–H groups in total. The Balaban J connectivity index is 1.06. The number of benzene rings is 12. The molecule has 0 aliphatic carbocycles. The third-order valence-electron chi connectivity index (χ3n) is 25.2. The highest BCUT2D eigenvalue weighted by atomic mass is 15.2. The number of hydrogen-bond donors (Lipinski definition) is 0. The van der Waals surface area contributed by atoms with Crippen LogP contribution in [0.2, 0.25) is 0 Å². The maximum atomic E-state index is 5.08. The molecular formula is C104H86N12. The molecule has 0 spiro atoms. The van der Waals surface area contributed by atoms with Crippen molar-refractivity contribution in [1.82, 2.24) is 39.9 Å². The Morgan fingerprint density at radius 3 is 0.440 bits per heavy atom. The van der Waals surface area contributed by atoms with Crippen LogP contribution in [-0.2, 0) is 0 Å². The molecule has 0 fully saturated rings. The summed E-state index contributed by atoms with van der Waals surface area (Å²) < 4.78 is 0. The van der Waals surface area contributed by atoms with Gasteiger partial charge in [-0.2, -0.15) is 0 Å². The second kappa shape index (κ2) is 26.9. The molecule has 0 amide bonds. The molecule has 0 saturated carbocycles. The average molecular weight is 1500 g/mol. The van der Waals surface area contributed by atoms with Crippen LogP contribution in [0.5, 0.6) is 0 Å². The third kappa shape index (κ3) is 10.6.